The highest BCUT2D eigenvalue weighted by molar-refractivity contribution is 5.93. The fourth-order valence-corrected chi connectivity index (χ4v) is 5.45. The molecule has 1 unspecified atom stereocenters. The highest BCUT2D eigenvalue weighted by atomic mass is 16.5. The van der Waals surface area contributed by atoms with Crippen LogP contribution in [0, 0.1) is 11.8 Å². The van der Waals surface area contributed by atoms with E-state index in [1.807, 2.05) is 27.7 Å². The van der Waals surface area contributed by atoms with Gasteiger partial charge >= 0.3 is 0 Å². The summed E-state index contributed by atoms with van der Waals surface area (Å²) in [6.07, 6.45) is 9.53. The number of hydrogen-bond donors (Lipinski definition) is 1. The second-order valence-corrected chi connectivity index (χ2v) is 9.72. The van der Waals surface area contributed by atoms with Gasteiger partial charge in [-0.3, -0.25) is 9.59 Å². The Morgan fingerprint density at radius 1 is 1.03 bits per heavy atom. The van der Waals surface area contributed by atoms with Gasteiger partial charge in [0.05, 0.1) is 25.2 Å². The van der Waals surface area contributed by atoms with E-state index in [1.54, 1.807) is 6.33 Å². The number of imidazole rings is 1. The minimum absolute atomic E-state index is 0.00326. The largest absolute Gasteiger partial charge is 0.365 e. The van der Waals surface area contributed by atoms with Crippen molar-refractivity contribution in [3.63, 3.8) is 0 Å². The van der Waals surface area contributed by atoms with Gasteiger partial charge in [-0.15, -0.1) is 0 Å². The second kappa shape index (κ2) is 10.1. The predicted molar refractivity (Wildman–Crippen MR) is 124 cm³/mol. The van der Waals surface area contributed by atoms with Gasteiger partial charge in [-0.25, -0.2) is 4.98 Å². The van der Waals surface area contributed by atoms with Crippen molar-refractivity contribution in [1.82, 2.24) is 19.8 Å². The Labute approximate surface area is 195 Å². The minimum Gasteiger partial charge on any atom is -0.365 e. The van der Waals surface area contributed by atoms with Crippen LogP contribution in [0.3, 0.4) is 0 Å². The van der Waals surface area contributed by atoms with Crippen molar-refractivity contribution in [1.29, 1.82) is 0 Å². The summed E-state index contributed by atoms with van der Waals surface area (Å²) in [5.74, 6) is 0.752. The van der Waals surface area contributed by atoms with Crippen LogP contribution in [0.1, 0.15) is 72.8 Å². The number of benzene rings is 1. The number of nitrogens with zero attached hydrogens (tertiary/aromatic N) is 3. The molecule has 3 aliphatic rings. The molecule has 33 heavy (non-hydrogen) atoms. The number of ether oxygens (including phenoxy) is 1. The smallest absolute Gasteiger partial charge is 0.274 e. The Bertz CT molecular complexity index is 959. The second-order valence-electron chi connectivity index (χ2n) is 9.72. The number of amides is 2. The summed E-state index contributed by atoms with van der Waals surface area (Å²) in [4.78, 5) is 32.1. The Morgan fingerprint density at radius 3 is 2.55 bits per heavy atom. The monoisotopic (exact) mass is 450 g/mol. The number of carbonyl (C=O) groups is 2. The molecule has 1 saturated carbocycles. The van der Waals surface area contributed by atoms with Gasteiger partial charge in [0.2, 0.25) is 5.91 Å². The number of carbonyl (C=O) groups excluding carboxylic acids is 2. The number of aromatic nitrogens is 2. The third-order valence-corrected chi connectivity index (χ3v) is 7.55. The first-order valence-electron chi connectivity index (χ1n) is 12.5. The third-order valence-electron chi connectivity index (χ3n) is 7.55. The molecular weight excluding hydrogens is 416 g/mol. The summed E-state index contributed by atoms with van der Waals surface area (Å²) in [6.45, 7) is 3.03. The molecule has 5 rings (SSSR count). The van der Waals surface area contributed by atoms with Crippen LogP contribution in [-0.4, -0.2) is 45.9 Å². The molecule has 2 amide bonds. The van der Waals surface area contributed by atoms with Crippen LogP contribution in [0.5, 0.6) is 0 Å². The van der Waals surface area contributed by atoms with Gasteiger partial charge in [-0.05, 0) is 37.2 Å². The summed E-state index contributed by atoms with van der Waals surface area (Å²) in [5.41, 5.74) is 2.47. The average Bonchev–Trinajstić information content (AvgIpc) is 3.31. The lowest BCUT2D eigenvalue weighted by Gasteiger charge is -2.32. The lowest BCUT2D eigenvalue weighted by molar-refractivity contribution is -0.126. The van der Waals surface area contributed by atoms with Crippen molar-refractivity contribution >= 4 is 11.8 Å². The van der Waals surface area contributed by atoms with Gasteiger partial charge in [0.15, 0.2) is 5.69 Å². The van der Waals surface area contributed by atoms with Gasteiger partial charge in [-0.1, -0.05) is 49.6 Å². The Morgan fingerprint density at radius 2 is 1.79 bits per heavy atom. The van der Waals surface area contributed by atoms with Gasteiger partial charge in [0.25, 0.3) is 5.91 Å². The van der Waals surface area contributed by atoms with E-state index in [4.69, 9.17) is 4.74 Å². The summed E-state index contributed by atoms with van der Waals surface area (Å²) in [5, 5.41) is 3.18. The first kappa shape index (κ1) is 22.1. The van der Waals surface area contributed by atoms with Crippen LogP contribution in [0.25, 0.3) is 0 Å². The summed E-state index contributed by atoms with van der Waals surface area (Å²) < 4.78 is 8.11. The maximum absolute atomic E-state index is 13.2. The van der Waals surface area contributed by atoms with Crippen LogP contribution in [0.4, 0.5) is 0 Å². The number of likely N-dealkylation sites (tertiary alicyclic amines) is 1. The molecule has 1 aromatic heterocycles. The first-order chi connectivity index (χ1) is 16.2. The summed E-state index contributed by atoms with van der Waals surface area (Å²) in [6, 6.07) is 10.1. The van der Waals surface area contributed by atoms with E-state index < -0.39 is 0 Å². The van der Waals surface area contributed by atoms with Crippen molar-refractivity contribution in [2.75, 3.05) is 19.6 Å². The molecule has 2 fully saturated rings. The topological polar surface area (TPSA) is 76.5 Å². The molecule has 1 aliphatic carbocycles. The van der Waals surface area contributed by atoms with Crippen LogP contribution < -0.4 is 5.32 Å². The molecule has 0 spiro atoms. The van der Waals surface area contributed by atoms with Crippen molar-refractivity contribution < 1.29 is 14.3 Å². The van der Waals surface area contributed by atoms with E-state index in [9.17, 15) is 9.59 Å². The minimum atomic E-state index is -0.0495. The van der Waals surface area contributed by atoms with Crippen LogP contribution in [-0.2, 0) is 22.7 Å². The third kappa shape index (κ3) is 4.98. The molecule has 0 bridgehead atoms. The molecule has 3 heterocycles. The van der Waals surface area contributed by atoms with Crippen LogP contribution in [0.15, 0.2) is 36.7 Å². The standard InChI is InChI=1S/C26H34N4O3/c31-25(27-15-19-7-3-1-4-8-19)21-11-13-29(14-12-21)26(32)24-22-17-33-23(16-30(22)18-28-24)20-9-5-2-6-10-20/h2,5-6,9-10,18-19,21,23H,1,3-4,7-8,11-17H2,(H,27,31). The van der Waals surface area contributed by atoms with E-state index in [2.05, 4.69) is 22.4 Å². The normalized spacial score (nSPS) is 22.1. The molecular formula is C26H34N4O3. The maximum atomic E-state index is 13.2. The fourth-order valence-electron chi connectivity index (χ4n) is 5.45. The number of hydrogen-bond acceptors (Lipinski definition) is 4. The molecule has 2 aromatic rings. The maximum Gasteiger partial charge on any atom is 0.274 e. The molecule has 1 N–H and O–H groups in total. The summed E-state index contributed by atoms with van der Waals surface area (Å²) >= 11 is 0. The van der Waals surface area contributed by atoms with E-state index in [0.717, 1.165) is 17.8 Å². The number of nitrogens with one attached hydrogen (secondary N) is 1. The van der Waals surface area contributed by atoms with Crippen molar-refractivity contribution in [3.8, 4) is 0 Å². The predicted octanol–water partition coefficient (Wildman–Crippen LogP) is 3.70. The van der Waals surface area contributed by atoms with E-state index in [-0.39, 0.29) is 23.8 Å². The molecule has 0 radical (unpaired) electrons. The molecule has 2 aliphatic heterocycles. The van der Waals surface area contributed by atoms with Crippen LogP contribution in [0.2, 0.25) is 0 Å². The highest BCUT2D eigenvalue weighted by Gasteiger charge is 2.32. The van der Waals surface area contributed by atoms with E-state index in [0.29, 0.717) is 50.7 Å². The Balaban J connectivity index is 1.13. The molecule has 1 saturated heterocycles. The zero-order chi connectivity index (χ0) is 22.6. The Kier molecular flexibility index (Phi) is 6.76. The molecule has 7 heteroatoms. The van der Waals surface area contributed by atoms with Gasteiger partial charge < -0.3 is 19.5 Å². The van der Waals surface area contributed by atoms with E-state index in [1.165, 1.54) is 32.1 Å². The number of rotatable bonds is 5. The molecule has 7 nitrogen and oxygen atoms in total. The molecule has 176 valence electrons. The molecule has 1 atom stereocenters. The fraction of sp³-hybridized carbons (Fsp3) is 0.577. The zero-order valence-corrected chi connectivity index (χ0v) is 19.2. The SMILES string of the molecule is O=C(NCC1CCCCC1)C1CCN(C(=O)c2ncn3c2COC(c2ccccc2)C3)CC1. The van der Waals surface area contributed by atoms with E-state index >= 15 is 0 Å². The highest BCUT2D eigenvalue weighted by Crippen LogP contribution is 2.29. The van der Waals surface area contributed by atoms with Gasteiger partial charge in [-0.2, -0.15) is 0 Å². The summed E-state index contributed by atoms with van der Waals surface area (Å²) in [7, 11) is 0. The van der Waals surface area contributed by atoms with Crippen molar-refractivity contribution in [3.05, 3.63) is 53.6 Å². The quantitative estimate of drug-likeness (QED) is 0.754. The lowest BCUT2D eigenvalue weighted by atomic mass is 9.89. The number of piperidine rings is 1. The number of fused-ring (bicyclic) bond motifs is 1. The zero-order valence-electron chi connectivity index (χ0n) is 19.2. The van der Waals surface area contributed by atoms with Crippen molar-refractivity contribution in [2.24, 2.45) is 11.8 Å². The first-order valence-corrected chi connectivity index (χ1v) is 12.5. The average molecular weight is 451 g/mol. The van der Waals surface area contributed by atoms with Gasteiger partial charge in [0, 0.05) is 25.6 Å². The Hall–Kier alpha value is -2.67. The van der Waals surface area contributed by atoms with Crippen LogP contribution >= 0.6 is 0 Å². The van der Waals surface area contributed by atoms with Gasteiger partial charge in [0.1, 0.15) is 6.10 Å². The molecule has 1 aromatic carbocycles. The lowest BCUT2D eigenvalue weighted by Crippen LogP contribution is -2.44. The van der Waals surface area contributed by atoms with Crippen molar-refractivity contribution in [2.45, 2.75) is 64.2 Å².